The van der Waals surface area contributed by atoms with E-state index in [-0.39, 0.29) is 12.0 Å². The van der Waals surface area contributed by atoms with Crippen LogP contribution in [0.5, 0.6) is 5.88 Å². The number of H-pyrrole nitrogens is 1. The average molecular weight is 451 g/mol. The summed E-state index contributed by atoms with van der Waals surface area (Å²) in [7, 11) is 2.06. The van der Waals surface area contributed by atoms with E-state index in [1.54, 1.807) is 24.5 Å². The Bertz CT molecular complexity index is 1100. The molecule has 0 radical (unpaired) electrons. The number of halogens is 3. The highest BCUT2D eigenvalue weighted by Crippen LogP contribution is 2.22. The van der Waals surface area contributed by atoms with Gasteiger partial charge in [0.25, 0.3) is 5.91 Å². The lowest BCUT2D eigenvalue weighted by molar-refractivity contribution is -0.192. The quantitative estimate of drug-likeness (QED) is 0.558. The zero-order valence-corrected chi connectivity index (χ0v) is 16.9. The van der Waals surface area contributed by atoms with E-state index < -0.39 is 12.1 Å². The molecule has 12 heteroatoms. The molecule has 1 aliphatic heterocycles. The molecule has 3 aromatic rings. The number of amides is 1. The van der Waals surface area contributed by atoms with Crippen LogP contribution < -0.4 is 10.1 Å². The Morgan fingerprint density at radius 3 is 2.72 bits per heavy atom. The van der Waals surface area contributed by atoms with Gasteiger partial charge in [0.15, 0.2) is 0 Å². The average Bonchev–Trinajstić information content (AvgIpc) is 3.36. The number of carboxylic acid groups (broad SMARTS) is 1. The van der Waals surface area contributed by atoms with Gasteiger partial charge in [-0.3, -0.25) is 9.89 Å². The van der Waals surface area contributed by atoms with Crippen molar-refractivity contribution in [2.45, 2.75) is 18.7 Å². The predicted octanol–water partition coefficient (Wildman–Crippen LogP) is 2.93. The zero-order chi connectivity index (χ0) is 23.3. The third kappa shape index (κ3) is 5.94. The maximum Gasteiger partial charge on any atom is 0.490 e. The maximum atomic E-state index is 12.7. The lowest BCUT2D eigenvalue weighted by Gasteiger charge is -2.15. The Morgan fingerprint density at radius 2 is 2.06 bits per heavy atom. The van der Waals surface area contributed by atoms with Gasteiger partial charge < -0.3 is 20.1 Å². The molecule has 0 saturated carbocycles. The number of hydrogen-bond acceptors (Lipinski definition) is 6. The Kier molecular flexibility index (Phi) is 6.93. The molecule has 1 atom stereocenters. The number of aromatic nitrogens is 3. The molecular weight excluding hydrogens is 431 g/mol. The molecule has 4 rings (SSSR count). The van der Waals surface area contributed by atoms with Crippen LogP contribution in [0.3, 0.4) is 0 Å². The molecule has 1 amide bonds. The molecule has 1 aromatic carbocycles. The van der Waals surface area contributed by atoms with Gasteiger partial charge in [0, 0.05) is 30.4 Å². The number of alkyl halides is 3. The first-order valence-corrected chi connectivity index (χ1v) is 9.48. The summed E-state index contributed by atoms with van der Waals surface area (Å²) in [6.45, 7) is 1.83. The van der Waals surface area contributed by atoms with Gasteiger partial charge in [-0.05, 0) is 43.8 Å². The number of hydrogen-bond donors (Lipinski definition) is 3. The molecule has 2 aromatic heterocycles. The van der Waals surface area contributed by atoms with Crippen LogP contribution in [0.4, 0.5) is 18.9 Å². The van der Waals surface area contributed by atoms with E-state index in [1.807, 2.05) is 18.2 Å². The van der Waals surface area contributed by atoms with Crippen LogP contribution in [0, 0.1) is 0 Å². The molecule has 0 aliphatic carbocycles. The highest BCUT2D eigenvalue weighted by Gasteiger charge is 2.38. The summed E-state index contributed by atoms with van der Waals surface area (Å²) in [4.78, 5) is 28.0. The topological polar surface area (TPSA) is 120 Å². The summed E-state index contributed by atoms with van der Waals surface area (Å²) >= 11 is 0. The predicted molar refractivity (Wildman–Crippen MR) is 109 cm³/mol. The van der Waals surface area contributed by atoms with Gasteiger partial charge in [-0.15, -0.1) is 0 Å². The van der Waals surface area contributed by atoms with E-state index >= 15 is 0 Å². The van der Waals surface area contributed by atoms with E-state index in [9.17, 15) is 18.0 Å². The smallest absolute Gasteiger partial charge is 0.475 e. The second-order valence-corrected chi connectivity index (χ2v) is 7.08. The van der Waals surface area contributed by atoms with Crippen LogP contribution in [0.25, 0.3) is 10.9 Å². The van der Waals surface area contributed by atoms with Crippen LogP contribution >= 0.6 is 0 Å². The van der Waals surface area contributed by atoms with E-state index in [0.717, 1.165) is 30.4 Å². The number of likely N-dealkylation sites (tertiary alicyclic amines) is 1. The van der Waals surface area contributed by atoms with Gasteiger partial charge in [0.1, 0.15) is 11.7 Å². The molecule has 9 nitrogen and oxygen atoms in total. The third-order valence-corrected chi connectivity index (χ3v) is 4.58. The molecule has 0 bridgehead atoms. The fourth-order valence-corrected chi connectivity index (χ4v) is 3.03. The number of aromatic amines is 1. The van der Waals surface area contributed by atoms with Gasteiger partial charge >= 0.3 is 12.1 Å². The summed E-state index contributed by atoms with van der Waals surface area (Å²) in [5, 5.41) is 17.8. The molecule has 1 saturated heterocycles. The number of nitrogens with zero attached hydrogens (tertiary/aromatic N) is 3. The number of fused-ring (bicyclic) bond motifs is 1. The van der Waals surface area contributed by atoms with Gasteiger partial charge in [-0.1, -0.05) is 0 Å². The summed E-state index contributed by atoms with van der Waals surface area (Å²) in [6.07, 6.45) is -0.720. The van der Waals surface area contributed by atoms with Crippen molar-refractivity contribution < 1.29 is 32.6 Å². The van der Waals surface area contributed by atoms with Crippen LogP contribution in [0.15, 0.2) is 42.7 Å². The fourth-order valence-electron chi connectivity index (χ4n) is 3.03. The van der Waals surface area contributed by atoms with Crippen LogP contribution in [-0.4, -0.2) is 69.5 Å². The molecule has 3 N–H and O–H groups in total. The van der Waals surface area contributed by atoms with Crippen LogP contribution in [0.2, 0.25) is 0 Å². The first kappa shape index (κ1) is 23.0. The minimum Gasteiger partial charge on any atom is -0.475 e. The van der Waals surface area contributed by atoms with Crippen LogP contribution in [0.1, 0.15) is 16.8 Å². The number of anilines is 1. The van der Waals surface area contributed by atoms with Gasteiger partial charge in [0.2, 0.25) is 5.88 Å². The van der Waals surface area contributed by atoms with Crippen molar-refractivity contribution >= 4 is 28.5 Å². The third-order valence-electron chi connectivity index (χ3n) is 4.58. The number of benzene rings is 1. The first-order chi connectivity index (χ1) is 15.1. The van der Waals surface area contributed by atoms with Gasteiger partial charge in [-0.2, -0.15) is 18.3 Å². The Balaban J connectivity index is 0.000000360. The van der Waals surface area contributed by atoms with E-state index in [0.29, 0.717) is 17.1 Å². The van der Waals surface area contributed by atoms with Crippen molar-refractivity contribution in [3.05, 3.63) is 48.3 Å². The van der Waals surface area contributed by atoms with E-state index in [4.69, 9.17) is 14.6 Å². The number of likely N-dealkylation sites (N-methyl/N-ethyl adjacent to an activating group) is 1. The minimum atomic E-state index is -5.08. The number of carboxylic acids is 1. The lowest BCUT2D eigenvalue weighted by atomic mass is 10.2. The number of carbonyl (C=O) groups excluding carboxylic acids is 1. The SMILES string of the molecule is CN1CC[C@H](Oc2ncccc2C(=O)Nc2ccc3[nH]ncc3c2)C1.O=C(O)C(F)(F)F. The molecule has 3 heterocycles. The Morgan fingerprint density at radius 1 is 1.31 bits per heavy atom. The largest absolute Gasteiger partial charge is 0.490 e. The standard InChI is InChI=1S/C18H19N5O2.C2HF3O2/c1-23-8-6-14(11-23)25-18-15(3-2-7-19-18)17(24)21-13-4-5-16-12(9-13)10-20-22-16;3-2(4,5)1(6)7/h2-5,7,9-10,14H,6,8,11H2,1H3,(H,20,22)(H,21,24);(H,6,7)/t14-;/m0./s1. The molecule has 1 aliphatic rings. The number of ether oxygens (including phenoxy) is 1. The second kappa shape index (κ2) is 9.64. The molecule has 32 heavy (non-hydrogen) atoms. The Labute approximate surface area is 180 Å². The van der Waals surface area contributed by atoms with Crippen molar-refractivity contribution in [1.29, 1.82) is 0 Å². The normalized spacial score (nSPS) is 16.3. The summed E-state index contributed by atoms with van der Waals surface area (Å²) < 4.78 is 37.7. The maximum absolute atomic E-state index is 12.7. The van der Waals surface area contributed by atoms with Gasteiger partial charge in [-0.25, -0.2) is 9.78 Å². The van der Waals surface area contributed by atoms with Crippen molar-refractivity contribution in [3.63, 3.8) is 0 Å². The molecule has 0 unspecified atom stereocenters. The molecule has 170 valence electrons. The van der Waals surface area contributed by atoms with Gasteiger partial charge in [0.05, 0.1) is 11.7 Å². The fraction of sp³-hybridized carbons (Fsp3) is 0.300. The van der Waals surface area contributed by atoms with Crippen molar-refractivity contribution in [2.75, 3.05) is 25.5 Å². The molecular formula is C20H20F3N5O4. The monoisotopic (exact) mass is 451 g/mol. The molecule has 0 spiro atoms. The highest BCUT2D eigenvalue weighted by atomic mass is 19.4. The minimum absolute atomic E-state index is 0.0636. The van der Waals surface area contributed by atoms with Crippen molar-refractivity contribution in [3.8, 4) is 5.88 Å². The van der Waals surface area contributed by atoms with Crippen LogP contribution in [-0.2, 0) is 4.79 Å². The second-order valence-electron chi connectivity index (χ2n) is 7.08. The van der Waals surface area contributed by atoms with E-state index in [2.05, 4.69) is 32.4 Å². The summed E-state index contributed by atoms with van der Waals surface area (Å²) in [5.41, 5.74) is 2.06. The summed E-state index contributed by atoms with van der Waals surface area (Å²) in [5.74, 6) is -2.62. The highest BCUT2D eigenvalue weighted by molar-refractivity contribution is 6.06. The molecule has 1 fully saturated rings. The lowest BCUT2D eigenvalue weighted by Crippen LogP contribution is -2.23. The summed E-state index contributed by atoms with van der Waals surface area (Å²) in [6, 6.07) is 9.06. The zero-order valence-electron chi connectivity index (χ0n) is 16.9. The van der Waals surface area contributed by atoms with Crippen molar-refractivity contribution in [1.82, 2.24) is 20.1 Å². The number of rotatable bonds is 4. The number of nitrogens with one attached hydrogen (secondary N) is 2. The number of pyridine rings is 1. The number of aliphatic carboxylic acids is 1. The van der Waals surface area contributed by atoms with E-state index in [1.165, 1.54) is 0 Å². The van der Waals surface area contributed by atoms with Crippen molar-refractivity contribution in [2.24, 2.45) is 0 Å². The Hall–Kier alpha value is -3.67. The number of carbonyl (C=O) groups is 2. The first-order valence-electron chi connectivity index (χ1n) is 9.48.